The number of amides is 2. The van der Waals surface area contributed by atoms with Crippen molar-refractivity contribution in [2.45, 2.75) is 13.0 Å². The van der Waals surface area contributed by atoms with Crippen LogP contribution in [0.4, 0.5) is 4.39 Å². The second-order valence-electron chi connectivity index (χ2n) is 5.33. The van der Waals surface area contributed by atoms with E-state index >= 15 is 0 Å². The molecule has 0 aliphatic rings. The van der Waals surface area contributed by atoms with Crippen LogP contribution in [0.5, 0.6) is 11.5 Å². The maximum Gasteiger partial charge on any atom is 0.258 e. The lowest BCUT2D eigenvalue weighted by Crippen LogP contribution is -2.31. The first kappa shape index (κ1) is 18.3. The number of nitrogens with one attached hydrogen (secondary N) is 1. The van der Waals surface area contributed by atoms with Crippen molar-refractivity contribution in [3.63, 3.8) is 0 Å². The van der Waals surface area contributed by atoms with Crippen LogP contribution < -0.4 is 20.5 Å². The number of primary amides is 1. The van der Waals surface area contributed by atoms with E-state index in [9.17, 15) is 14.0 Å². The van der Waals surface area contributed by atoms with Gasteiger partial charge in [-0.2, -0.15) is 0 Å². The Labute approximate surface area is 144 Å². The maximum atomic E-state index is 13.7. The standard InChI is InChI=1S/C18H19FN2O4/c1-11(12-7-8-16(24-2)14(19)9-12)21-17(22)10-25-15-6-4-3-5-13(15)18(20)23/h3-9,11H,10H2,1-2H3,(H2,20,23)(H,21,22)/t11-/m1/s1. The summed E-state index contributed by atoms with van der Waals surface area (Å²) in [6.07, 6.45) is 0. The summed E-state index contributed by atoms with van der Waals surface area (Å²) < 4.78 is 23.9. The quantitative estimate of drug-likeness (QED) is 0.804. The Morgan fingerprint density at radius 3 is 2.56 bits per heavy atom. The van der Waals surface area contributed by atoms with Crippen LogP contribution in [0, 0.1) is 5.82 Å². The fraction of sp³-hybridized carbons (Fsp3) is 0.222. The summed E-state index contributed by atoms with van der Waals surface area (Å²) in [6.45, 7) is 1.42. The smallest absolute Gasteiger partial charge is 0.258 e. The van der Waals surface area contributed by atoms with E-state index in [1.165, 1.54) is 25.3 Å². The molecule has 1 atom stereocenters. The second-order valence-corrected chi connectivity index (χ2v) is 5.33. The van der Waals surface area contributed by atoms with Gasteiger partial charge in [-0.1, -0.05) is 18.2 Å². The van der Waals surface area contributed by atoms with E-state index in [0.29, 0.717) is 5.56 Å². The zero-order chi connectivity index (χ0) is 18.4. The van der Waals surface area contributed by atoms with E-state index in [1.54, 1.807) is 31.2 Å². The molecule has 0 saturated carbocycles. The molecular formula is C18H19FN2O4. The highest BCUT2D eigenvalue weighted by Crippen LogP contribution is 2.22. The van der Waals surface area contributed by atoms with Crippen molar-refractivity contribution < 1.29 is 23.5 Å². The van der Waals surface area contributed by atoms with E-state index in [-0.39, 0.29) is 23.7 Å². The molecule has 2 aromatic carbocycles. The molecule has 0 aliphatic carbocycles. The minimum Gasteiger partial charge on any atom is -0.494 e. The maximum absolute atomic E-state index is 13.7. The van der Waals surface area contributed by atoms with Gasteiger partial charge >= 0.3 is 0 Å². The Kier molecular flexibility index (Phi) is 5.94. The number of methoxy groups -OCH3 is 1. The molecule has 132 valence electrons. The minimum atomic E-state index is -0.641. The van der Waals surface area contributed by atoms with Gasteiger partial charge in [0.1, 0.15) is 5.75 Å². The van der Waals surface area contributed by atoms with Gasteiger partial charge in [0.15, 0.2) is 18.2 Å². The van der Waals surface area contributed by atoms with Gasteiger partial charge < -0.3 is 20.5 Å². The summed E-state index contributed by atoms with van der Waals surface area (Å²) in [6, 6.07) is 10.4. The number of hydrogen-bond donors (Lipinski definition) is 2. The molecule has 6 nitrogen and oxygen atoms in total. The third-order valence-corrected chi connectivity index (χ3v) is 3.56. The summed E-state index contributed by atoms with van der Waals surface area (Å²) in [5, 5.41) is 2.69. The van der Waals surface area contributed by atoms with Crippen molar-refractivity contribution in [3.05, 3.63) is 59.4 Å². The van der Waals surface area contributed by atoms with Gasteiger partial charge in [0.25, 0.3) is 11.8 Å². The Bertz CT molecular complexity index is 779. The van der Waals surface area contributed by atoms with E-state index in [1.807, 2.05) is 0 Å². The zero-order valence-corrected chi connectivity index (χ0v) is 13.9. The second kappa shape index (κ2) is 8.14. The van der Waals surface area contributed by atoms with Gasteiger partial charge in [-0.3, -0.25) is 9.59 Å². The van der Waals surface area contributed by atoms with Crippen molar-refractivity contribution in [1.82, 2.24) is 5.32 Å². The molecule has 0 bridgehead atoms. The molecule has 0 aliphatic heterocycles. The Morgan fingerprint density at radius 1 is 1.20 bits per heavy atom. The van der Waals surface area contributed by atoms with Crippen LogP contribution in [-0.4, -0.2) is 25.5 Å². The molecule has 2 rings (SSSR count). The van der Waals surface area contributed by atoms with Crippen LogP contribution in [0.3, 0.4) is 0 Å². The van der Waals surface area contributed by atoms with Gasteiger partial charge in [-0.15, -0.1) is 0 Å². The van der Waals surface area contributed by atoms with Crippen molar-refractivity contribution in [3.8, 4) is 11.5 Å². The largest absolute Gasteiger partial charge is 0.494 e. The van der Waals surface area contributed by atoms with Crippen molar-refractivity contribution in [2.24, 2.45) is 5.73 Å². The monoisotopic (exact) mass is 346 g/mol. The van der Waals surface area contributed by atoms with E-state index in [4.69, 9.17) is 15.2 Å². The number of carbonyl (C=O) groups is 2. The van der Waals surface area contributed by atoms with Crippen molar-refractivity contribution >= 4 is 11.8 Å². The molecule has 2 amide bonds. The Hall–Kier alpha value is -3.09. The minimum absolute atomic E-state index is 0.133. The Morgan fingerprint density at radius 2 is 1.92 bits per heavy atom. The molecule has 0 radical (unpaired) electrons. The summed E-state index contributed by atoms with van der Waals surface area (Å²) in [7, 11) is 1.38. The zero-order valence-electron chi connectivity index (χ0n) is 13.9. The molecule has 25 heavy (non-hydrogen) atoms. The number of hydrogen-bond acceptors (Lipinski definition) is 4. The first-order chi connectivity index (χ1) is 11.9. The third kappa shape index (κ3) is 4.69. The number of ether oxygens (including phenoxy) is 2. The first-order valence-electron chi connectivity index (χ1n) is 7.56. The highest BCUT2D eigenvalue weighted by atomic mass is 19.1. The van der Waals surface area contributed by atoms with Crippen molar-refractivity contribution in [2.75, 3.05) is 13.7 Å². The molecule has 0 aromatic heterocycles. The third-order valence-electron chi connectivity index (χ3n) is 3.56. The lowest BCUT2D eigenvalue weighted by molar-refractivity contribution is -0.123. The fourth-order valence-electron chi connectivity index (χ4n) is 2.26. The van der Waals surface area contributed by atoms with E-state index in [0.717, 1.165) is 0 Å². The topological polar surface area (TPSA) is 90.7 Å². The lowest BCUT2D eigenvalue weighted by atomic mass is 10.1. The average molecular weight is 346 g/mol. The number of benzene rings is 2. The summed E-state index contributed by atoms with van der Waals surface area (Å²) in [5.74, 6) is -1.20. The van der Waals surface area contributed by atoms with Gasteiger partial charge in [0, 0.05) is 0 Å². The SMILES string of the molecule is COc1ccc([C@@H](C)NC(=O)COc2ccccc2C(N)=O)cc1F. The predicted molar refractivity (Wildman–Crippen MR) is 90.0 cm³/mol. The molecule has 2 aromatic rings. The molecule has 0 unspecified atom stereocenters. The predicted octanol–water partition coefficient (Wildman–Crippen LogP) is 2.19. The van der Waals surface area contributed by atoms with Gasteiger partial charge in [-0.05, 0) is 36.8 Å². The van der Waals surface area contributed by atoms with Gasteiger partial charge in [0.05, 0.1) is 18.7 Å². The number of carbonyl (C=O) groups excluding carboxylic acids is 2. The molecule has 0 spiro atoms. The van der Waals surface area contributed by atoms with Crippen molar-refractivity contribution in [1.29, 1.82) is 0 Å². The highest BCUT2D eigenvalue weighted by Gasteiger charge is 2.14. The number of halogens is 1. The van der Waals surface area contributed by atoms with Gasteiger partial charge in [0.2, 0.25) is 0 Å². The van der Waals surface area contributed by atoms with Crippen LogP contribution in [0.1, 0.15) is 28.9 Å². The fourth-order valence-corrected chi connectivity index (χ4v) is 2.26. The molecule has 0 heterocycles. The van der Waals surface area contributed by atoms with Crippen LogP contribution in [0.2, 0.25) is 0 Å². The number of rotatable bonds is 7. The van der Waals surface area contributed by atoms with Crippen LogP contribution in [-0.2, 0) is 4.79 Å². The highest BCUT2D eigenvalue weighted by molar-refractivity contribution is 5.95. The summed E-state index contributed by atoms with van der Waals surface area (Å²) >= 11 is 0. The van der Waals surface area contributed by atoms with E-state index < -0.39 is 23.7 Å². The number of nitrogens with two attached hydrogens (primary N) is 1. The lowest BCUT2D eigenvalue weighted by Gasteiger charge is -2.16. The summed E-state index contributed by atoms with van der Waals surface area (Å²) in [5.41, 5.74) is 6.03. The van der Waals surface area contributed by atoms with Crippen LogP contribution >= 0.6 is 0 Å². The molecule has 0 saturated heterocycles. The normalized spacial score (nSPS) is 11.5. The molecule has 7 heteroatoms. The Balaban J connectivity index is 1.96. The van der Waals surface area contributed by atoms with E-state index in [2.05, 4.69) is 5.32 Å². The number of para-hydroxylation sites is 1. The molecular weight excluding hydrogens is 327 g/mol. The van der Waals surface area contributed by atoms with Crippen LogP contribution in [0.25, 0.3) is 0 Å². The molecule has 3 N–H and O–H groups in total. The average Bonchev–Trinajstić information content (AvgIpc) is 2.60. The summed E-state index contributed by atoms with van der Waals surface area (Å²) in [4.78, 5) is 23.3. The van der Waals surface area contributed by atoms with Gasteiger partial charge in [-0.25, -0.2) is 4.39 Å². The van der Waals surface area contributed by atoms with Crippen LogP contribution in [0.15, 0.2) is 42.5 Å². The molecule has 0 fully saturated rings. The first-order valence-corrected chi connectivity index (χ1v) is 7.56.